The van der Waals surface area contributed by atoms with Gasteiger partial charge in [-0.25, -0.2) is 4.99 Å². The summed E-state index contributed by atoms with van der Waals surface area (Å²) in [4.78, 5) is 17.8. The number of rotatable bonds is 8. The lowest BCUT2D eigenvalue weighted by molar-refractivity contribution is -0.127. The molecular weight excluding hydrogens is 402 g/mol. The summed E-state index contributed by atoms with van der Waals surface area (Å²) in [5, 5.41) is 6.09. The van der Waals surface area contributed by atoms with Gasteiger partial charge in [-0.2, -0.15) is 8.78 Å². The lowest BCUT2D eigenvalue weighted by Crippen LogP contribution is -2.45. The molecule has 1 aromatic carbocycles. The van der Waals surface area contributed by atoms with Gasteiger partial charge in [-0.05, 0) is 18.9 Å². The molecule has 1 aromatic rings. The topological polar surface area (TPSA) is 93.7 Å². The van der Waals surface area contributed by atoms with E-state index in [1.165, 1.54) is 11.0 Å². The van der Waals surface area contributed by atoms with E-state index in [-0.39, 0.29) is 37.6 Å². The summed E-state index contributed by atoms with van der Waals surface area (Å²) in [6.45, 7) is -1.68. The standard InChI is InChI=1S/C19H26F2N4O5/c1-25(2)17(26)10-24-19(23-9-13-4-3-5-27-13)22-8-12-6-15-16(29-11-28-15)7-14(12)30-18(20)21/h6-7,13,18H,3-5,8-11H2,1-2H3,(H2,22,23,24). The Morgan fingerprint density at radius 2 is 2.07 bits per heavy atom. The fourth-order valence-electron chi connectivity index (χ4n) is 2.97. The van der Waals surface area contributed by atoms with Crippen molar-refractivity contribution in [2.75, 3.05) is 40.6 Å². The zero-order valence-corrected chi connectivity index (χ0v) is 17.0. The second-order valence-electron chi connectivity index (χ2n) is 7.01. The zero-order valence-electron chi connectivity index (χ0n) is 17.0. The molecular formula is C19H26F2N4O5. The smallest absolute Gasteiger partial charge is 0.387 e. The van der Waals surface area contributed by atoms with Crippen molar-refractivity contribution < 1.29 is 32.5 Å². The van der Waals surface area contributed by atoms with Crippen molar-refractivity contribution in [2.45, 2.75) is 32.1 Å². The van der Waals surface area contributed by atoms with Gasteiger partial charge in [0.1, 0.15) is 5.75 Å². The zero-order chi connectivity index (χ0) is 21.5. The number of carbonyl (C=O) groups is 1. The fourth-order valence-corrected chi connectivity index (χ4v) is 2.97. The van der Waals surface area contributed by atoms with Crippen LogP contribution in [0.2, 0.25) is 0 Å². The van der Waals surface area contributed by atoms with Gasteiger partial charge in [-0.3, -0.25) is 4.79 Å². The van der Waals surface area contributed by atoms with Gasteiger partial charge >= 0.3 is 6.61 Å². The average Bonchev–Trinajstić information content (AvgIpc) is 3.37. The highest BCUT2D eigenvalue weighted by Crippen LogP contribution is 2.39. The van der Waals surface area contributed by atoms with Gasteiger partial charge < -0.3 is 34.5 Å². The molecule has 1 atom stereocenters. The Hall–Kier alpha value is -2.82. The maximum Gasteiger partial charge on any atom is 0.387 e. The molecule has 0 aliphatic carbocycles. The molecule has 11 heteroatoms. The number of nitrogens with zero attached hydrogens (tertiary/aromatic N) is 2. The number of nitrogens with one attached hydrogen (secondary N) is 2. The first kappa shape index (κ1) is 21.9. The van der Waals surface area contributed by atoms with E-state index in [4.69, 9.17) is 14.2 Å². The second kappa shape index (κ2) is 10.3. The Morgan fingerprint density at radius 1 is 1.30 bits per heavy atom. The molecule has 2 heterocycles. The van der Waals surface area contributed by atoms with Crippen LogP contribution in [0.4, 0.5) is 8.78 Å². The summed E-state index contributed by atoms with van der Waals surface area (Å²) >= 11 is 0. The van der Waals surface area contributed by atoms with Crippen molar-refractivity contribution in [1.82, 2.24) is 15.5 Å². The lowest BCUT2D eigenvalue weighted by Gasteiger charge is -2.17. The largest absolute Gasteiger partial charge is 0.454 e. The fraction of sp³-hybridized carbons (Fsp3) is 0.579. The molecule has 3 rings (SSSR count). The third kappa shape index (κ3) is 6.09. The van der Waals surface area contributed by atoms with E-state index in [0.717, 1.165) is 19.4 Å². The molecule has 2 N–H and O–H groups in total. The average molecular weight is 428 g/mol. The molecule has 0 bridgehead atoms. The Bertz CT molecular complexity index is 770. The predicted octanol–water partition coefficient (Wildman–Crippen LogP) is 1.32. The number of carbonyl (C=O) groups excluding carboxylic acids is 1. The van der Waals surface area contributed by atoms with E-state index in [1.807, 2.05) is 0 Å². The monoisotopic (exact) mass is 428 g/mol. The number of aliphatic imine (C=N–C) groups is 1. The first-order valence-electron chi connectivity index (χ1n) is 9.63. The number of benzene rings is 1. The number of likely N-dealkylation sites (N-methyl/N-ethyl adjacent to an activating group) is 1. The molecule has 9 nitrogen and oxygen atoms in total. The van der Waals surface area contributed by atoms with E-state index in [9.17, 15) is 13.6 Å². The second-order valence-corrected chi connectivity index (χ2v) is 7.01. The number of hydrogen-bond donors (Lipinski definition) is 2. The molecule has 0 aromatic heterocycles. The van der Waals surface area contributed by atoms with Crippen molar-refractivity contribution in [3.05, 3.63) is 17.7 Å². The van der Waals surface area contributed by atoms with Crippen LogP contribution in [0.25, 0.3) is 0 Å². The highest BCUT2D eigenvalue weighted by atomic mass is 19.3. The summed E-state index contributed by atoms with van der Waals surface area (Å²) in [5.41, 5.74) is 0.400. The molecule has 166 valence electrons. The van der Waals surface area contributed by atoms with Gasteiger partial charge in [0.25, 0.3) is 0 Å². The summed E-state index contributed by atoms with van der Waals surface area (Å²) in [6.07, 6.45) is 1.99. The Balaban J connectivity index is 1.73. The number of guanidine groups is 1. The normalized spacial score (nSPS) is 17.9. The van der Waals surface area contributed by atoms with E-state index in [1.54, 1.807) is 20.2 Å². The van der Waals surface area contributed by atoms with Crippen molar-refractivity contribution in [1.29, 1.82) is 0 Å². The Labute approximate surface area is 173 Å². The van der Waals surface area contributed by atoms with Crippen molar-refractivity contribution >= 4 is 11.9 Å². The first-order valence-corrected chi connectivity index (χ1v) is 9.63. The minimum Gasteiger partial charge on any atom is -0.454 e. The van der Waals surface area contributed by atoms with E-state index >= 15 is 0 Å². The lowest BCUT2D eigenvalue weighted by atomic mass is 10.1. The van der Waals surface area contributed by atoms with Crippen LogP contribution in [0.15, 0.2) is 17.1 Å². The third-order valence-corrected chi connectivity index (χ3v) is 4.61. The quantitative estimate of drug-likeness (QED) is 0.477. The van der Waals surface area contributed by atoms with Crippen LogP contribution in [0.1, 0.15) is 18.4 Å². The first-order chi connectivity index (χ1) is 14.4. The van der Waals surface area contributed by atoms with Gasteiger partial charge in [0, 0.05) is 38.9 Å². The maximum atomic E-state index is 12.8. The summed E-state index contributed by atoms with van der Waals surface area (Å²) in [5.74, 6) is 0.963. The van der Waals surface area contributed by atoms with Crippen LogP contribution in [0.5, 0.6) is 17.2 Å². The predicted molar refractivity (Wildman–Crippen MR) is 104 cm³/mol. The third-order valence-electron chi connectivity index (χ3n) is 4.61. The van der Waals surface area contributed by atoms with Crippen molar-refractivity contribution in [3.63, 3.8) is 0 Å². The number of hydrogen-bond acceptors (Lipinski definition) is 6. The molecule has 1 fully saturated rings. The maximum absolute atomic E-state index is 12.8. The van der Waals surface area contributed by atoms with Crippen molar-refractivity contribution in [2.24, 2.45) is 4.99 Å². The number of amides is 1. The van der Waals surface area contributed by atoms with E-state index in [2.05, 4.69) is 20.4 Å². The van der Waals surface area contributed by atoms with Gasteiger partial charge in [0.05, 0.1) is 19.2 Å². The summed E-state index contributed by atoms with van der Waals surface area (Å²) in [6, 6.07) is 2.92. The molecule has 1 amide bonds. The van der Waals surface area contributed by atoms with Crippen LogP contribution >= 0.6 is 0 Å². The summed E-state index contributed by atoms with van der Waals surface area (Å²) < 4.78 is 46.4. The molecule has 2 aliphatic heterocycles. The Morgan fingerprint density at radius 3 is 2.73 bits per heavy atom. The van der Waals surface area contributed by atoms with Gasteiger partial charge in [0.2, 0.25) is 12.7 Å². The van der Waals surface area contributed by atoms with Crippen molar-refractivity contribution in [3.8, 4) is 17.2 Å². The van der Waals surface area contributed by atoms with Gasteiger partial charge in [0.15, 0.2) is 17.5 Å². The molecule has 1 unspecified atom stereocenters. The number of ether oxygens (including phenoxy) is 4. The minimum atomic E-state index is -2.99. The van der Waals surface area contributed by atoms with E-state index < -0.39 is 6.61 Å². The molecule has 2 aliphatic rings. The number of fused-ring (bicyclic) bond motifs is 1. The van der Waals surface area contributed by atoms with Crippen LogP contribution in [0.3, 0.4) is 0 Å². The van der Waals surface area contributed by atoms with E-state index in [0.29, 0.717) is 29.6 Å². The molecule has 0 radical (unpaired) electrons. The summed E-state index contributed by atoms with van der Waals surface area (Å²) in [7, 11) is 3.31. The van der Waals surface area contributed by atoms with Crippen LogP contribution < -0.4 is 24.8 Å². The molecule has 1 saturated heterocycles. The SMILES string of the molecule is CN(C)C(=O)CNC(=NCc1cc2c(cc1OC(F)F)OCO2)NCC1CCCO1. The van der Waals surface area contributed by atoms with Crippen LogP contribution in [-0.4, -0.2) is 70.1 Å². The number of halogens is 2. The number of alkyl halides is 2. The Kier molecular flexibility index (Phi) is 7.50. The highest BCUT2D eigenvalue weighted by molar-refractivity contribution is 5.86. The van der Waals surface area contributed by atoms with Gasteiger partial charge in [-0.1, -0.05) is 0 Å². The highest BCUT2D eigenvalue weighted by Gasteiger charge is 2.20. The molecule has 30 heavy (non-hydrogen) atoms. The van der Waals surface area contributed by atoms with Crippen LogP contribution in [0, 0.1) is 0 Å². The molecule has 0 spiro atoms. The van der Waals surface area contributed by atoms with Crippen LogP contribution in [-0.2, 0) is 16.1 Å². The molecule has 0 saturated carbocycles. The minimum absolute atomic E-state index is 0.0125. The van der Waals surface area contributed by atoms with Gasteiger partial charge in [-0.15, -0.1) is 0 Å².